The van der Waals surface area contributed by atoms with Gasteiger partial charge in [0.05, 0.1) is 10.0 Å². The quantitative estimate of drug-likeness (QED) is 0.789. The molecule has 1 amide bonds. The van der Waals surface area contributed by atoms with Crippen LogP contribution >= 0.6 is 15.9 Å². The van der Waals surface area contributed by atoms with Crippen LogP contribution in [0.5, 0.6) is 0 Å². The highest BCUT2D eigenvalue weighted by Gasteiger charge is 2.27. The van der Waals surface area contributed by atoms with Gasteiger partial charge in [0.25, 0.3) is 5.91 Å². The maximum atomic E-state index is 12.1. The van der Waals surface area contributed by atoms with Gasteiger partial charge in [-0.1, -0.05) is 13.0 Å². The zero-order valence-corrected chi connectivity index (χ0v) is 12.7. The number of nitrogens with one attached hydrogen (secondary N) is 1. The van der Waals surface area contributed by atoms with Crippen LogP contribution in [0.3, 0.4) is 0 Å². The normalized spacial score (nSPS) is 14.7. The van der Waals surface area contributed by atoms with Crippen LogP contribution in [0.1, 0.15) is 30.1 Å². The Balaban J connectivity index is 1.85. The number of hydrogen-bond acceptors (Lipinski definition) is 3. The van der Waals surface area contributed by atoms with Crippen molar-refractivity contribution in [2.45, 2.75) is 25.8 Å². The number of benzene rings is 1. The second-order valence-corrected chi connectivity index (χ2v) is 5.62. The molecule has 0 heterocycles. The molecule has 0 unspecified atom stereocenters. The van der Waals surface area contributed by atoms with Crippen LogP contribution in [-0.2, 0) is 0 Å². The lowest BCUT2D eigenvalue weighted by Crippen LogP contribution is -2.36. The van der Waals surface area contributed by atoms with Gasteiger partial charge < -0.3 is 11.1 Å². The molecule has 0 bridgehead atoms. The van der Waals surface area contributed by atoms with Crippen molar-refractivity contribution >= 4 is 27.5 Å². The highest BCUT2D eigenvalue weighted by Crippen LogP contribution is 2.26. The van der Waals surface area contributed by atoms with E-state index in [1.54, 1.807) is 18.2 Å². The van der Waals surface area contributed by atoms with Gasteiger partial charge in [-0.05, 0) is 47.4 Å². The van der Waals surface area contributed by atoms with Gasteiger partial charge in [-0.25, -0.2) is 0 Å². The highest BCUT2D eigenvalue weighted by molar-refractivity contribution is 9.10. The average Bonchev–Trinajstić information content (AvgIpc) is 3.22. The van der Waals surface area contributed by atoms with Crippen molar-refractivity contribution in [2.24, 2.45) is 0 Å². The molecule has 1 fully saturated rings. The Morgan fingerprint density at radius 1 is 1.53 bits per heavy atom. The van der Waals surface area contributed by atoms with E-state index in [-0.39, 0.29) is 5.91 Å². The molecule has 5 heteroatoms. The maximum absolute atomic E-state index is 12.1. The second kappa shape index (κ2) is 6.39. The topological polar surface area (TPSA) is 58.4 Å². The molecule has 3 N–H and O–H groups in total. The Bertz CT molecular complexity index is 460. The Morgan fingerprint density at radius 2 is 2.26 bits per heavy atom. The molecule has 19 heavy (non-hydrogen) atoms. The van der Waals surface area contributed by atoms with E-state index in [0.29, 0.717) is 22.3 Å². The number of carbonyl (C=O) groups is 1. The maximum Gasteiger partial charge on any atom is 0.252 e. The first kappa shape index (κ1) is 14.3. The summed E-state index contributed by atoms with van der Waals surface area (Å²) >= 11 is 3.35. The lowest BCUT2D eigenvalue weighted by atomic mass is 10.2. The van der Waals surface area contributed by atoms with Crippen LogP contribution in [0.25, 0.3) is 0 Å². The molecular weight excluding hydrogens is 306 g/mol. The summed E-state index contributed by atoms with van der Waals surface area (Å²) in [5, 5.41) is 2.95. The Hall–Kier alpha value is -1.07. The van der Waals surface area contributed by atoms with Crippen molar-refractivity contribution in [3.05, 3.63) is 28.2 Å². The first-order valence-corrected chi connectivity index (χ1v) is 7.49. The highest BCUT2D eigenvalue weighted by atomic mass is 79.9. The van der Waals surface area contributed by atoms with E-state index in [9.17, 15) is 4.79 Å². The van der Waals surface area contributed by atoms with Gasteiger partial charge in [0, 0.05) is 24.8 Å². The van der Waals surface area contributed by atoms with Gasteiger partial charge in [-0.15, -0.1) is 0 Å². The SMILES string of the molecule is CCN(CCNC(=O)c1cccc(N)c1Br)C1CC1. The van der Waals surface area contributed by atoms with Crippen LogP contribution in [0, 0.1) is 0 Å². The van der Waals surface area contributed by atoms with Crippen LogP contribution in [0.15, 0.2) is 22.7 Å². The first-order valence-electron chi connectivity index (χ1n) is 6.69. The molecule has 1 saturated carbocycles. The Labute approximate surface area is 122 Å². The smallest absolute Gasteiger partial charge is 0.252 e. The third-order valence-electron chi connectivity index (χ3n) is 3.43. The molecule has 0 spiro atoms. The van der Waals surface area contributed by atoms with Gasteiger partial charge in [-0.2, -0.15) is 0 Å². The number of rotatable bonds is 6. The zero-order valence-electron chi connectivity index (χ0n) is 11.2. The fourth-order valence-electron chi connectivity index (χ4n) is 2.17. The molecule has 1 aromatic carbocycles. The first-order chi connectivity index (χ1) is 9.13. The van der Waals surface area contributed by atoms with E-state index >= 15 is 0 Å². The van der Waals surface area contributed by atoms with Crippen molar-refractivity contribution < 1.29 is 4.79 Å². The van der Waals surface area contributed by atoms with E-state index in [1.807, 2.05) is 0 Å². The molecular formula is C14H20BrN3O. The summed E-state index contributed by atoms with van der Waals surface area (Å²) in [6, 6.07) is 6.07. The van der Waals surface area contributed by atoms with Crippen molar-refractivity contribution in [1.29, 1.82) is 0 Å². The molecule has 4 nitrogen and oxygen atoms in total. The summed E-state index contributed by atoms with van der Waals surface area (Å²) in [5.41, 5.74) is 6.95. The number of halogens is 1. The van der Waals surface area contributed by atoms with Gasteiger partial charge in [-0.3, -0.25) is 9.69 Å². The van der Waals surface area contributed by atoms with Crippen LogP contribution in [0.4, 0.5) is 5.69 Å². The van der Waals surface area contributed by atoms with E-state index in [2.05, 4.69) is 33.1 Å². The Morgan fingerprint density at radius 3 is 2.89 bits per heavy atom. The van der Waals surface area contributed by atoms with E-state index in [1.165, 1.54) is 12.8 Å². The third kappa shape index (κ3) is 3.70. The van der Waals surface area contributed by atoms with Crippen LogP contribution in [-0.4, -0.2) is 36.5 Å². The minimum absolute atomic E-state index is 0.0778. The minimum atomic E-state index is -0.0778. The Kier molecular flexibility index (Phi) is 4.82. The molecule has 1 aliphatic carbocycles. The predicted octanol–water partition coefficient (Wildman–Crippen LogP) is 2.25. The molecule has 0 atom stereocenters. The molecule has 104 valence electrons. The molecule has 1 aromatic rings. The number of nitrogen functional groups attached to an aromatic ring is 1. The lowest BCUT2D eigenvalue weighted by molar-refractivity contribution is 0.0947. The molecule has 0 radical (unpaired) electrons. The van der Waals surface area contributed by atoms with E-state index < -0.39 is 0 Å². The molecule has 1 aliphatic rings. The molecule has 0 saturated heterocycles. The van der Waals surface area contributed by atoms with E-state index in [4.69, 9.17) is 5.73 Å². The summed E-state index contributed by atoms with van der Waals surface area (Å²) < 4.78 is 0.669. The predicted molar refractivity (Wildman–Crippen MR) is 81.2 cm³/mol. The number of carbonyl (C=O) groups excluding carboxylic acids is 1. The number of nitrogens with zero attached hydrogens (tertiary/aromatic N) is 1. The van der Waals surface area contributed by atoms with Crippen LogP contribution in [0.2, 0.25) is 0 Å². The number of amides is 1. The largest absolute Gasteiger partial charge is 0.398 e. The molecule has 2 rings (SSSR count). The summed E-state index contributed by atoms with van der Waals surface area (Å²) in [4.78, 5) is 14.5. The average molecular weight is 326 g/mol. The van der Waals surface area contributed by atoms with Gasteiger partial charge >= 0.3 is 0 Å². The van der Waals surface area contributed by atoms with Crippen molar-refractivity contribution in [3.8, 4) is 0 Å². The fraction of sp³-hybridized carbons (Fsp3) is 0.500. The zero-order chi connectivity index (χ0) is 13.8. The van der Waals surface area contributed by atoms with Gasteiger partial charge in [0.2, 0.25) is 0 Å². The number of hydrogen-bond donors (Lipinski definition) is 2. The van der Waals surface area contributed by atoms with Crippen LogP contribution < -0.4 is 11.1 Å². The number of anilines is 1. The summed E-state index contributed by atoms with van der Waals surface area (Å²) in [5.74, 6) is -0.0778. The molecule has 0 aliphatic heterocycles. The van der Waals surface area contributed by atoms with Crippen molar-refractivity contribution in [3.63, 3.8) is 0 Å². The molecule has 0 aromatic heterocycles. The standard InChI is InChI=1S/C14H20BrN3O/c1-2-18(10-6-7-10)9-8-17-14(19)11-4-3-5-12(16)13(11)15/h3-5,10H,2,6-9,16H2,1H3,(H,17,19). The van der Waals surface area contributed by atoms with Crippen molar-refractivity contribution in [1.82, 2.24) is 10.2 Å². The lowest BCUT2D eigenvalue weighted by Gasteiger charge is -2.19. The van der Waals surface area contributed by atoms with Gasteiger partial charge in [0.15, 0.2) is 0 Å². The number of nitrogens with two attached hydrogens (primary N) is 1. The summed E-state index contributed by atoms with van der Waals surface area (Å²) in [6.07, 6.45) is 2.59. The summed E-state index contributed by atoms with van der Waals surface area (Å²) in [7, 11) is 0. The van der Waals surface area contributed by atoms with Gasteiger partial charge in [0.1, 0.15) is 0 Å². The van der Waals surface area contributed by atoms with E-state index in [0.717, 1.165) is 19.1 Å². The number of likely N-dealkylation sites (N-methyl/N-ethyl adjacent to an activating group) is 1. The summed E-state index contributed by atoms with van der Waals surface area (Å²) in [6.45, 7) is 4.79. The fourth-order valence-corrected chi connectivity index (χ4v) is 2.62. The minimum Gasteiger partial charge on any atom is -0.398 e. The third-order valence-corrected chi connectivity index (χ3v) is 4.31. The van der Waals surface area contributed by atoms with Crippen molar-refractivity contribution in [2.75, 3.05) is 25.4 Å². The monoisotopic (exact) mass is 325 g/mol. The second-order valence-electron chi connectivity index (χ2n) is 4.82.